The number of aromatic nitrogens is 1. The summed E-state index contributed by atoms with van der Waals surface area (Å²) < 4.78 is 0. The molecular weight excluding hydrogens is 330 g/mol. The van der Waals surface area contributed by atoms with Gasteiger partial charge in [0.25, 0.3) is 0 Å². The van der Waals surface area contributed by atoms with E-state index in [2.05, 4.69) is 26.6 Å². The van der Waals surface area contributed by atoms with Crippen LogP contribution in [0.4, 0.5) is 16.2 Å². The van der Waals surface area contributed by atoms with Crippen LogP contribution < -0.4 is 20.4 Å². The van der Waals surface area contributed by atoms with E-state index in [0.29, 0.717) is 13.0 Å². The SMILES string of the molecule is CC.O=C1CCN(c2cncc3c(N4CCNCC4)cccc23)C(=O)N1. The molecule has 26 heavy (non-hydrogen) atoms. The molecule has 7 nitrogen and oxygen atoms in total. The van der Waals surface area contributed by atoms with E-state index in [1.807, 2.05) is 32.2 Å². The number of piperazine rings is 1. The van der Waals surface area contributed by atoms with Crippen LogP contribution in [0.25, 0.3) is 10.8 Å². The lowest BCUT2D eigenvalue weighted by Crippen LogP contribution is -2.49. The van der Waals surface area contributed by atoms with E-state index < -0.39 is 0 Å². The van der Waals surface area contributed by atoms with E-state index in [0.717, 1.165) is 48.3 Å². The Hall–Kier alpha value is -2.67. The summed E-state index contributed by atoms with van der Waals surface area (Å²) in [5.74, 6) is -0.231. The summed E-state index contributed by atoms with van der Waals surface area (Å²) in [6.45, 7) is 8.19. The van der Waals surface area contributed by atoms with Gasteiger partial charge in [0, 0.05) is 61.8 Å². The maximum atomic E-state index is 12.2. The first-order chi connectivity index (χ1) is 12.7. The van der Waals surface area contributed by atoms with Crippen molar-refractivity contribution in [3.8, 4) is 0 Å². The minimum Gasteiger partial charge on any atom is -0.368 e. The van der Waals surface area contributed by atoms with Crippen molar-refractivity contribution in [3.63, 3.8) is 0 Å². The summed E-state index contributed by atoms with van der Waals surface area (Å²) >= 11 is 0. The Morgan fingerprint density at radius 2 is 1.73 bits per heavy atom. The summed E-state index contributed by atoms with van der Waals surface area (Å²) in [6.07, 6.45) is 3.85. The third-order valence-electron chi connectivity index (χ3n) is 4.56. The number of fused-ring (bicyclic) bond motifs is 1. The number of nitrogens with zero attached hydrogens (tertiary/aromatic N) is 3. The molecular formula is C19H25N5O2. The fraction of sp³-hybridized carbons (Fsp3) is 0.421. The highest BCUT2D eigenvalue weighted by Crippen LogP contribution is 2.33. The smallest absolute Gasteiger partial charge is 0.328 e. The number of carbonyl (C=O) groups excluding carboxylic acids is 2. The predicted molar refractivity (Wildman–Crippen MR) is 104 cm³/mol. The number of imide groups is 1. The first kappa shape index (κ1) is 18.1. The van der Waals surface area contributed by atoms with E-state index >= 15 is 0 Å². The lowest BCUT2D eigenvalue weighted by atomic mass is 10.1. The molecule has 0 atom stereocenters. The average Bonchev–Trinajstić information content (AvgIpc) is 2.69. The second-order valence-corrected chi connectivity index (χ2v) is 6.02. The second-order valence-electron chi connectivity index (χ2n) is 6.02. The number of pyridine rings is 1. The van der Waals surface area contributed by atoms with Gasteiger partial charge in [0.1, 0.15) is 0 Å². The highest BCUT2D eigenvalue weighted by atomic mass is 16.2. The van der Waals surface area contributed by atoms with Crippen LogP contribution in [0.2, 0.25) is 0 Å². The largest absolute Gasteiger partial charge is 0.368 e. The summed E-state index contributed by atoms with van der Waals surface area (Å²) in [6, 6.07) is 5.73. The average molecular weight is 355 g/mol. The van der Waals surface area contributed by atoms with E-state index in [9.17, 15) is 9.59 Å². The van der Waals surface area contributed by atoms with Crippen LogP contribution in [-0.2, 0) is 4.79 Å². The van der Waals surface area contributed by atoms with Crippen molar-refractivity contribution in [2.45, 2.75) is 20.3 Å². The van der Waals surface area contributed by atoms with E-state index in [-0.39, 0.29) is 11.9 Å². The fourth-order valence-electron chi connectivity index (χ4n) is 3.35. The topological polar surface area (TPSA) is 77.6 Å². The number of anilines is 2. The number of amides is 3. The van der Waals surface area contributed by atoms with Gasteiger partial charge in [-0.2, -0.15) is 0 Å². The van der Waals surface area contributed by atoms with Crippen molar-refractivity contribution < 1.29 is 9.59 Å². The van der Waals surface area contributed by atoms with Gasteiger partial charge in [-0.15, -0.1) is 0 Å². The molecule has 138 valence electrons. The summed E-state index contributed by atoms with van der Waals surface area (Å²) in [5, 5.41) is 7.73. The Morgan fingerprint density at radius 3 is 2.46 bits per heavy atom. The minimum atomic E-state index is -0.381. The van der Waals surface area contributed by atoms with Gasteiger partial charge in [-0.25, -0.2) is 4.79 Å². The molecule has 0 spiro atoms. The van der Waals surface area contributed by atoms with Crippen LogP contribution in [0.1, 0.15) is 20.3 Å². The maximum absolute atomic E-state index is 12.2. The summed E-state index contributed by atoms with van der Waals surface area (Å²) in [4.78, 5) is 31.9. The van der Waals surface area contributed by atoms with Crippen molar-refractivity contribution in [3.05, 3.63) is 30.6 Å². The van der Waals surface area contributed by atoms with Gasteiger partial charge in [0.2, 0.25) is 5.91 Å². The van der Waals surface area contributed by atoms with Gasteiger partial charge < -0.3 is 10.2 Å². The fourth-order valence-corrected chi connectivity index (χ4v) is 3.35. The van der Waals surface area contributed by atoms with Crippen molar-refractivity contribution in [1.29, 1.82) is 0 Å². The molecule has 2 aromatic rings. The molecule has 0 unspecified atom stereocenters. The van der Waals surface area contributed by atoms with Crippen LogP contribution in [0.3, 0.4) is 0 Å². The normalized spacial score (nSPS) is 17.6. The highest BCUT2D eigenvalue weighted by Gasteiger charge is 2.26. The molecule has 0 aliphatic carbocycles. The number of urea groups is 1. The number of rotatable bonds is 2. The van der Waals surface area contributed by atoms with Crippen LogP contribution in [0, 0.1) is 0 Å². The molecule has 2 saturated heterocycles. The number of nitrogens with one attached hydrogen (secondary N) is 2. The lowest BCUT2D eigenvalue weighted by Gasteiger charge is -2.31. The van der Waals surface area contributed by atoms with Gasteiger partial charge in [-0.3, -0.25) is 20.0 Å². The second kappa shape index (κ2) is 8.14. The number of hydrogen-bond acceptors (Lipinski definition) is 5. The molecule has 2 fully saturated rings. The van der Waals surface area contributed by atoms with E-state index in [4.69, 9.17) is 0 Å². The number of hydrogen-bond donors (Lipinski definition) is 2. The first-order valence-corrected chi connectivity index (χ1v) is 9.18. The monoisotopic (exact) mass is 355 g/mol. The third kappa shape index (κ3) is 3.48. The molecule has 1 aromatic carbocycles. The van der Waals surface area contributed by atoms with Crippen LogP contribution in [0.15, 0.2) is 30.6 Å². The van der Waals surface area contributed by atoms with Crippen molar-refractivity contribution >= 4 is 34.1 Å². The lowest BCUT2D eigenvalue weighted by molar-refractivity contribution is -0.120. The van der Waals surface area contributed by atoms with Gasteiger partial charge in [0.05, 0.1) is 11.9 Å². The Morgan fingerprint density at radius 1 is 0.962 bits per heavy atom. The third-order valence-corrected chi connectivity index (χ3v) is 4.56. The van der Waals surface area contributed by atoms with Crippen LogP contribution in [0.5, 0.6) is 0 Å². The van der Waals surface area contributed by atoms with Crippen LogP contribution >= 0.6 is 0 Å². The Labute approximate surface area is 153 Å². The Balaban J connectivity index is 0.000000948. The minimum absolute atomic E-state index is 0.231. The Kier molecular flexibility index (Phi) is 5.68. The zero-order chi connectivity index (χ0) is 18.5. The quantitative estimate of drug-likeness (QED) is 0.863. The molecule has 2 N–H and O–H groups in total. The maximum Gasteiger partial charge on any atom is 0.328 e. The molecule has 3 amide bonds. The Bertz CT molecular complexity index is 802. The zero-order valence-electron chi connectivity index (χ0n) is 15.3. The van der Waals surface area contributed by atoms with Gasteiger partial charge >= 0.3 is 6.03 Å². The summed E-state index contributed by atoms with van der Waals surface area (Å²) in [7, 11) is 0. The van der Waals surface area contributed by atoms with Gasteiger partial charge in [-0.1, -0.05) is 26.0 Å². The molecule has 3 heterocycles. The van der Waals surface area contributed by atoms with Crippen molar-refractivity contribution in [2.75, 3.05) is 42.5 Å². The zero-order valence-corrected chi connectivity index (χ0v) is 15.3. The van der Waals surface area contributed by atoms with E-state index in [1.165, 1.54) is 0 Å². The van der Waals surface area contributed by atoms with Gasteiger partial charge in [0.15, 0.2) is 0 Å². The molecule has 2 aliphatic heterocycles. The molecule has 2 aliphatic rings. The molecule has 0 bridgehead atoms. The van der Waals surface area contributed by atoms with E-state index in [1.54, 1.807) is 11.1 Å². The van der Waals surface area contributed by atoms with Crippen LogP contribution in [-0.4, -0.2) is 49.6 Å². The van der Waals surface area contributed by atoms with Gasteiger partial charge in [-0.05, 0) is 6.07 Å². The first-order valence-electron chi connectivity index (χ1n) is 9.18. The van der Waals surface area contributed by atoms with Crippen molar-refractivity contribution in [2.24, 2.45) is 0 Å². The molecule has 4 rings (SSSR count). The predicted octanol–water partition coefficient (Wildman–Crippen LogP) is 2.12. The number of carbonyl (C=O) groups is 2. The molecule has 0 saturated carbocycles. The highest BCUT2D eigenvalue weighted by molar-refractivity contribution is 6.11. The number of benzene rings is 1. The molecule has 0 radical (unpaired) electrons. The summed E-state index contributed by atoms with van der Waals surface area (Å²) in [5.41, 5.74) is 1.88. The van der Waals surface area contributed by atoms with Crippen molar-refractivity contribution in [1.82, 2.24) is 15.6 Å². The molecule has 1 aromatic heterocycles. The standard InChI is InChI=1S/C17H19N5O2.C2H6/c23-16-4-7-22(17(24)20-16)15-11-19-10-13-12(15)2-1-3-14(13)21-8-5-18-6-9-21;1-2/h1-3,10-11,18H,4-9H2,(H,20,23,24);1-2H3. The molecule has 7 heteroatoms.